The zero-order chi connectivity index (χ0) is 18.7. The van der Waals surface area contributed by atoms with Crippen LogP contribution in [0.5, 0.6) is 0 Å². The van der Waals surface area contributed by atoms with Crippen molar-refractivity contribution in [3.63, 3.8) is 0 Å². The molecule has 3 rings (SSSR count). The molecule has 1 aromatic carbocycles. The maximum Gasteiger partial charge on any atom is 0.253 e. The van der Waals surface area contributed by atoms with E-state index in [0.29, 0.717) is 18.7 Å². The van der Waals surface area contributed by atoms with Crippen LogP contribution < -0.4 is 5.56 Å². The van der Waals surface area contributed by atoms with Gasteiger partial charge in [0.2, 0.25) is 0 Å². The minimum atomic E-state index is -1.19. The zero-order valence-electron chi connectivity index (χ0n) is 14.5. The van der Waals surface area contributed by atoms with Gasteiger partial charge in [-0.15, -0.1) is 0 Å². The average molecular weight is 418 g/mol. The lowest BCUT2D eigenvalue weighted by atomic mass is 10.0. The lowest BCUT2D eigenvalue weighted by Crippen LogP contribution is -2.51. The SMILES string of the molecule is CN1CCN(C(=O)C(C(=O)c2cccc(Br)c2)n2ccccc2=O)CC1. The molecule has 0 saturated carbocycles. The molecule has 0 radical (unpaired) electrons. The first-order valence-electron chi connectivity index (χ1n) is 8.41. The highest BCUT2D eigenvalue weighted by molar-refractivity contribution is 9.10. The van der Waals surface area contributed by atoms with Crippen LogP contribution >= 0.6 is 15.9 Å². The summed E-state index contributed by atoms with van der Waals surface area (Å²) in [6, 6.07) is 10.3. The second-order valence-corrected chi connectivity index (χ2v) is 7.27. The molecule has 1 aliphatic rings. The number of rotatable bonds is 4. The van der Waals surface area contributed by atoms with Crippen LogP contribution in [-0.4, -0.2) is 59.3 Å². The lowest BCUT2D eigenvalue weighted by Gasteiger charge is -2.34. The van der Waals surface area contributed by atoms with Crippen LogP contribution in [0.2, 0.25) is 0 Å². The number of halogens is 1. The molecular formula is C19H20BrN3O3. The van der Waals surface area contributed by atoms with Crippen LogP contribution in [0.15, 0.2) is 57.9 Å². The number of ketones is 1. The van der Waals surface area contributed by atoms with E-state index in [1.165, 1.54) is 16.8 Å². The summed E-state index contributed by atoms with van der Waals surface area (Å²) in [6.07, 6.45) is 1.50. The number of benzene rings is 1. The number of hydrogen-bond donors (Lipinski definition) is 0. The Balaban J connectivity index is 1.99. The number of carbonyl (C=O) groups excluding carboxylic acids is 2. The van der Waals surface area contributed by atoms with Crippen molar-refractivity contribution in [2.24, 2.45) is 0 Å². The standard InChI is InChI=1S/C19H20BrN3O3/c1-21-9-11-22(12-10-21)19(26)17(23-8-3-2-7-16(23)24)18(25)14-5-4-6-15(20)13-14/h2-8,13,17H,9-12H2,1H3. The fourth-order valence-corrected chi connectivity index (χ4v) is 3.41. The summed E-state index contributed by atoms with van der Waals surface area (Å²) in [5.41, 5.74) is 0.0194. The Bertz CT molecular complexity index is 872. The van der Waals surface area contributed by atoms with Gasteiger partial charge in [0.1, 0.15) is 0 Å². The van der Waals surface area contributed by atoms with Gasteiger partial charge in [-0.1, -0.05) is 34.1 Å². The van der Waals surface area contributed by atoms with Gasteiger partial charge in [0.15, 0.2) is 11.8 Å². The van der Waals surface area contributed by atoms with Gasteiger partial charge >= 0.3 is 0 Å². The quantitative estimate of drug-likeness (QED) is 0.562. The molecule has 7 heteroatoms. The van der Waals surface area contributed by atoms with E-state index in [-0.39, 0.29) is 17.2 Å². The van der Waals surface area contributed by atoms with Crippen LogP contribution in [0, 0.1) is 0 Å². The summed E-state index contributed by atoms with van der Waals surface area (Å²) in [4.78, 5) is 42.5. The smallest absolute Gasteiger partial charge is 0.253 e. The fourth-order valence-electron chi connectivity index (χ4n) is 3.01. The number of hydrogen-bond acceptors (Lipinski definition) is 4. The number of nitrogens with zero attached hydrogens (tertiary/aromatic N) is 3. The molecule has 2 heterocycles. The van der Waals surface area contributed by atoms with E-state index in [4.69, 9.17) is 0 Å². The molecule has 1 fully saturated rings. The van der Waals surface area contributed by atoms with Crippen molar-refractivity contribution in [3.8, 4) is 0 Å². The normalized spacial score (nSPS) is 16.3. The maximum absolute atomic E-state index is 13.2. The van der Waals surface area contributed by atoms with Crippen molar-refractivity contribution < 1.29 is 9.59 Å². The Morgan fingerprint density at radius 1 is 1.04 bits per heavy atom. The van der Waals surface area contributed by atoms with Crippen LogP contribution in [-0.2, 0) is 4.79 Å². The number of piperazine rings is 1. The molecule has 1 unspecified atom stereocenters. The van der Waals surface area contributed by atoms with Gasteiger partial charge in [-0.05, 0) is 25.2 Å². The topological polar surface area (TPSA) is 62.6 Å². The summed E-state index contributed by atoms with van der Waals surface area (Å²) in [5.74, 6) is -0.722. The van der Waals surface area contributed by atoms with Gasteiger partial charge in [-0.2, -0.15) is 0 Å². The third kappa shape index (κ3) is 3.94. The average Bonchev–Trinajstić information content (AvgIpc) is 2.64. The molecule has 136 valence electrons. The van der Waals surface area contributed by atoms with Crippen molar-refractivity contribution in [2.45, 2.75) is 6.04 Å². The molecule has 1 aromatic heterocycles. The molecule has 1 amide bonds. The first-order chi connectivity index (χ1) is 12.5. The number of aromatic nitrogens is 1. The van der Waals surface area contributed by atoms with E-state index in [0.717, 1.165) is 17.6 Å². The Morgan fingerprint density at radius 2 is 1.77 bits per heavy atom. The molecule has 1 aliphatic heterocycles. The first-order valence-corrected chi connectivity index (χ1v) is 9.21. The van der Waals surface area contributed by atoms with Crippen molar-refractivity contribution in [3.05, 3.63) is 69.1 Å². The van der Waals surface area contributed by atoms with Crippen LogP contribution in [0.25, 0.3) is 0 Å². The van der Waals surface area contributed by atoms with Gasteiger partial charge < -0.3 is 9.80 Å². The molecule has 0 bridgehead atoms. The fraction of sp³-hybridized carbons (Fsp3) is 0.316. The second kappa shape index (κ2) is 7.97. The molecule has 26 heavy (non-hydrogen) atoms. The number of Topliss-reactive ketones (excluding diaryl/α,β-unsaturated/α-hetero) is 1. The first kappa shape index (κ1) is 18.5. The molecule has 0 spiro atoms. The molecule has 0 N–H and O–H groups in total. The summed E-state index contributed by atoms with van der Waals surface area (Å²) in [5, 5.41) is 0. The van der Waals surface area contributed by atoms with Gasteiger partial charge in [0.05, 0.1) is 0 Å². The Kier molecular flexibility index (Phi) is 5.68. The van der Waals surface area contributed by atoms with Crippen molar-refractivity contribution in [1.82, 2.24) is 14.4 Å². The minimum absolute atomic E-state index is 0.337. The van der Waals surface area contributed by atoms with Gasteiger partial charge in [-0.25, -0.2) is 0 Å². The van der Waals surface area contributed by atoms with Gasteiger partial charge in [0.25, 0.3) is 11.5 Å². The molecule has 6 nitrogen and oxygen atoms in total. The predicted molar refractivity (Wildman–Crippen MR) is 102 cm³/mol. The van der Waals surface area contributed by atoms with Gasteiger partial charge in [-0.3, -0.25) is 19.0 Å². The molecule has 0 aliphatic carbocycles. The summed E-state index contributed by atoms with van der Waals surface area (Å²) in [6.45, 7) is 2.57. The summed E-state index contributed by atoms with van der Waals surface area (Å²) >= 11 is 3.35. The third-order valence-electron chi connectivity index (χ3n) is 4.54. The lowest BCUT2D eigenvalue weighted by molar-refractivity contribution is -0.135. The molecule has 1 saturated heterocycles. The van der Waals surface area contributed by atoms with E-state index in [9.17, 15) is 14.4 Å². The summed E-state index contributed by atoms with van der Waals surface area (Å²) < 4.78 is 1.97. The van der Waals surface area contributed by atoms with E-state index in [1.54, 1.807) is 35.2 Å². The van der Waals surface area contributed by atoms with E-state index >= 15 is 0 Å². The highest BCUT2D eigenvalue weighted by Gasteiger charge is 2.34. The number of carbonyl (C=O) groups is 2. The number of pyridine rings is 1. The molecule has 1 atom stereocenters. The Hall–Kier alpha value is -2.25. The van der Waals surface area contributed by atoms with Crippen molar-refractivity contribution in [2.75, 3.05) is 33.2 Å². The Morgan fingerprint density at radius 3 is 2.42 bits per heavy atom. The number of likely N-dealkylation sites (N-methyl/N-ethyl adjacent to an activating group) is 1. The Labute approximate surface area is 160 Å². The van der Waals surface area contributed by atoms with Crippen molar-refractivity contribution >= 4 is 27.6 Å². The zero-order valence-corrected chi connectivity index (χ0v) is 16.1. The maximum atomic E-state index is 13.2. The van der Waals surface area contributed by atoms with Gasteiger partial charge in [0, 0.05) is 48.5 Å². The van der Waals surface area contributed by atoms with E-state index in [2.05, 4.69) is 20.8 Å². The molecule has 2 aromatic rings. The second-order valence-electron chi connectivity index (χ2n) is 6.35. The van der Waals surface area contributed by atoms with Crippen LogP contribution in [0.3, 0.4) is 0 Å². The number of amides is 1. The van der Waals surface area contributed by atoms with Crippen molar-refractivity contribution in [1.29, 1.82) is 0 Å². The third-order valence-corrected chi connectivity index (χ3v) is 5.03. The highest BCUT2D eigenvalue weighted by atomic mass is 79.9. The predicted octanol–water partition coefficient (Wildman–Crippen LogP) is 1.81. The van der Waals surface area contributed by atoms with E-state index in [1.807, 2.05) is 13.1 Å². The minimum Gasteiger partial charge on any atom is -0.338 e. The monoisotopic (exact) mass is 417 g/mol. The van der Waals surface area contributed by atoms with Crippen LogP contribution in [0.4, 0.5) is 0 Å². The molecular weight excluding hydrogens is 398 g/mol. The van der Waals surface area contributed by atoms with E-state index < -0.39 is 6.04 Å². The largest absolute Gasteiger partial charge is 0.338 e. The highest BCUT2D eigenvalue weighted by Crippen LogP contribution is 2.20. The summed E-state index contributed by atoms with van der Waals surface area (Å²) in [7, 11) is 1.99. The van der Waals surface area contributed by atoms with Crippen LogP contribution in [0.1, 0.15) is 16.4 Å².